The van der Waals surface area contributed by atoms with Crippen molar-refractivity contribution in [2.24, 2.45) is 0 Å². The van der Waals surface area contributed by atoms with Crippen LogP contribution in [-0.2, 0) is 0 Å². The predicted molar refractivity (Wildman–Crippen MR) is 57.1 cm³/mol. The largest absolute Gasteiger partial charge is 0.298 e. The van der Waals surface area contributed by atoms with Crippen molar-refractivity contribution in [2.75, 3.05) is 0 Å². The molecule has 86 valence electrons. The summed E-state index contributed by atoms with van der Waals surface area (Å²) in [6.07, 6.45) is 0.514. The van der Waals surface area contributed by atoms with Gasteiger partial charge in [0, 0.05) is 16.7 Å². The standard InChI is InChI=1S/C13H7F3O/c14-11-5-4-8(7-17)6-10(11)9-2-1-3-12(15)13(9)16/h1-7H. The molecule has 0 saturated carbocycles. The van der Waals surface area contributed by atoms with Crippen molar-refractivity contribution >= 4 is 6.29 Å². The third-order valence-corrected chi connectivity index (χ3v) is 2.37. The number of carbonyl (C=O) groups excluding carboxylic acids is 1. The lowest BCUT2D eigenvalue weighted by Crippen LogP contribution is -1.93. The van der Waals surface area contributed by atoms with Crippen LogP contribution in [0.4, 0.5) is 13.2 Å². The Hall–Kier alpha value is -2.10. The zero-order chi connectivity index (χ0) is 12.4. The number of aldehydes is 1. The van der Waals surface area contributed by atoms with Crippen molar-refractivity contribution in [3.05, 3.63) is 59.4 Å². The molecule has 4 heteroatoms. The van der Waals surface area contributed by atoms with Crippen molar-refractivity contribution in [3.8, 4) is 11.1 Å². The van der Waals surface area contributed by atoms with Crippen molar-refractivity contribution in [1.82, 2.24) is 0 Å². The molecule has 0 bridgehead atoms. The van der Waals surface area contributed by atoms with Crippen LogP contribution in [0.5, 0.6) is 0 Å². The van der Waals surface area contributed by atoms with E-state index in [1.54, 1.807) is 0 Å². The van der Waals surface area contributed by atoms with Crippen LogP contribution in [0.15, 0.2) is 36.4 Å². The molecule has 0 aromatic heterocycles. The van der Waals surface area contributed by atoms with Crippen LogP contribution in [0, 0.1) is 17.5 Å². The van der Waals surface area contributed by atoms with Crippen molar-refractivity contribution < 1.29 is 18.0 Å². The first kappa shape index (κ1) is 11.4. The molecule has 0 atom stereocenters. The Bertz CT molecular complexity index is 579. The van der Waals surface area contributed by atoms with E-state index in [2.05, 4.69) is 0 Å². The first-order chi connectivity index (χ1) is 8.13. The molecule has 0 aliphatic heterocycles. The minimum Gasteiger partial charge on any atom is -0.298 e. The molecule has 0 saturated heterocycles. The molecule has 2 aromatic rings. The van der Waals surface area contributed by atoms with Gasteiger partial charge in [0.1, 0.15) is 12.1 Å². The van der Waals surface area contributed by atoms with Gasteiger partial charge in [-0.3, -0.25) is 4.79 Å². The fourth-order valence-corrected chi connectivity index (χ4v) is 1.53. The molecule has 0 fully saturated rings. The molecule has 0 N–H and O–H groups in total. The van der Waals surface area contributed by atoms with Gasteiger partial charge in [-0.2, -0.15) is 0 Å². The number of benzene rings is 2. The Balaban J connectivity index is 2.67. The first-order valence-electron chi connectivity index (χ1n) is 4.82. The Labute approximate surface area is 95.5 Å². The van der Waals surface area contributed by atoms with E-state index in [4.69, 9.17) is 0 Å². The maximum atomic E-state index is 13.5. The van der Waals surface area contributed by atoms with Crippen molar-refractivity contribution in [1.29, 1.82) is 0 Å². The molecule has 2 rings (SSSR count). The van der Waals surface area contributed by atoms with Crippen LogP contribution in [0.1, 0.15) is 10.4 Å². The topological polar surface area (TPSA) is 17.1 Å². The van der Waals surface area contributed by atoms with Gasteiger partial charge in [0.25, 0.3) is 0 Å². The van der Waals surface area contributed by atoms with E-state index in [-0.39, 0.29) is 16.7 Å². The highest BCUT2D eigenvalue weighted by Gasteiger charge is 2.13. The van der Waals surface area contributed by atoms with Gasteiger partial charge in [0.2, 0.25) is 0 Å². The van der Waals surface area contributed by atoms with Crippen LogP contribution < -0.4 is 0 Å². The summed E-state index contributed by atoms with van der Waals surface area (Å²) < 4.78 is 40.0. The molecule has 0 heterocycles. The van der Waals surface area contributed by atoms with Gasteiger partial charge < -0.3 is 0 Å². The Morgan fingerprint density at radius 2 is 1.65 bits per heavy atom. The summed E-state index contributed by atoms with van der Waals surface area (Å²) >= 11 is 0. The van der Waals surface area contributed by atoms with E-state index in [9.17, 15) is 18.0 Å². The minimum atomic E-state index is -1.13. The molecule has 0 aliphatic carbocycles. The van der Waals surface area contributed by atoms with Gasteiger partial charge in [0.15, 0.2) is 11.6 Å². The summed E-state index contributed by atoms with van der Waals surface area (Å²) in [6.45, 7) is 0. The predicted octanol–water partition coefficient (Wildman–Crippen LogP) is 3.58. The van der Waals surface area contributed by atoms with E-state index in [1.807, 2.05) is 0 Å². The zero-order valence-corrected chi connectivity index (χ0v) is 8.58. The van der Waals surface area contributed by atoms with Crippen LogP contribution in [0.3, 0.4) is 0 Å². The van der Waals surface area contributed by atoms with E-state index in [0.29, 0.717) is 6.29 Å². The molecule has 0 amide bonds. The second kappa shape index (κ2) is 4.41. The smallest absolute Gasteiger partial charge is 0.166 e. The fraction of sp³-hybridized carbons (Fsp3) is 0. The molecular formula is C13H7F3O. The number of hydrogen-bond donors (Lipinski definition) is 0. The Morgan fingerprint density at radius 1 is 0.882 bits per heavy atom. The zero-order valence-electron chi connectivity index (χ0n) is 8.58. The third-order valence-electron chi connectivity index (χ3n) is 2.37. The van der Waals surface area contributed by atoms with Gasteiger partial charge in [0.05, 0.1) is 0 Å². The summed E-state index contributed by atoms with van der Waals surface area (Å²) in [5.41, 5.74) is -0.136. The van der Waals surface area contributed by atoms with Gasteiger partial charge in [-0.15, -0.1) is 0 Å². The SMILES string of the molecule is O=Cc1ccc(F)c(-c2cccc(F)c2F)c1. The number of halogens is 3. The van der Waals surface area contributed by atoms with E-state index < -0.39 is 17.5 Å². The summed E-state index contributed by atoms with van der Waals surface area (Å²) in [5, 5.41) is 0. The fourth-order valence-electron chi connectivity index (χ4n) is 1.53. The van der Waals surface area contributed by atoms with E-state index in [1.165, 1.54) is 24.3 Å². The van der Waals surface area contributed by atoms with Crippen molar-refractivity contribution in [3.63, 3.8) is 0 Å². The number of hydrogen-bond acceptors (Lipinski definition) is 1. The summed E-state index contributed by atoms with van der Waals surface area (Å²) in [7, 11) is 0. The Morgan fingerprint density at radius 3 is 2.35 bits per heavy atom. The summed E-state index contributed by atoms with van der Waals surface area (Å²) in [5.74, 6) is -2.90. The summed E-state index contributed by atoms with van der Waals surface area (Å²) in [6, 6.07) is 6.97. The highest BCUT2D eigenvalue weighted by atomic mass is 19.2. The molecule has 0 unspecified atom stereocenters. The maximum Gasteiger partial charge on any atom is 0.166 e. The lowest BCUT2D eigenvalue weighted by atomic mass is 10.0. The minimum absolute atomic E-state index is 0.133. The highest BCUT2D eigenvalue weighted by molar-refractivity contribution is 5.79. The molecule has 0 aliphatic rings. The Kier molecular flexibility index (Phi) is 2.95. The second-order valence-corrected chi connectivity index (χ2v) is 3.46. The quantitative estimate of drug-likeness (QED) is 0.728. The van der Waals surface area contributed by atoms with Gasteiger partial charge >= 0.3 is 0 Å². The van der Waals surface area contributed by atoms with Gasteiger partial charge in [-0.1, -0.05) is 12.1 Å². The monoisotopic (exact) mass is 236 g/mol. The molecule has 2 aromatic carbocycles. The highest BCUT2D eigenvalue weighted by Crippen LogP contribution is 2.27. The molecule has 0 spiro atoms. The van der Waals surface area contributed by atoms with E-state index >= 15 is 0 Å². The lowest BCUT2D eigenvalue weighted by Gasteiger charge is -2.06. The molecular weight excluding hydrogens is 229 g/mol. The molecule has 0 radical (unpaired) electrons. The van der Waals surface area contributed by atoms with Crippen molar-refractivity contribution in [2.45, 2.75) is 0 Å². The first-order valence-corrected chi connectivity index (χ1v) is 4.82. The average Bonchev–Trinajstić information content (AvgIpc) is 2.34. The second-order valence-electron chi connectivity index (χ2n) is 3.46. The normalized spacial score (nSPS) is 10.3. The molecule has 17 heavy (non-hydrogen) atoms. The van der Waals surface area contributed by atoms with Crippen LogP contribution in [-0.4, -0.2) is 6.29 Å². The third kappa shape index (κ3) is 2.06. The van der Waals surface area contributed by atoms with Gasteiger partial charge in [-0.05, 0) is 24.3 Å². The lowest BCUT2D eigenvalue weighted by molar-refractivity contribution is 0.112. The number of rotatable bonds is 2. The number of carbonyl (C=O) groups is 1. The van der Waals surface area contributed by atoms with Gasteiger partial charge in [-0.25, -0.2) is 13.2 Å². The van der Waals surface area contributed by atoms with Crippen LogP contribution >= 0.6 is 0 Å². The molecule has 1 nitrogen and oxygen atoms in total. The van der Waals surface area contributed by atoms with Crippen LogP contribution in [0.25, 0.3) is 11.1 Å². The van der Waals surface area contributed by atoms with E-state index in [0.717, 1.165) is 12.1 Å². The average molecular weight is 236 g/mol. The summed E-state index contributed by atoms with van der Waals surface area (Å²) in [4.78, 5) is 10.6. The maximum absolute atomic E-state index is 13.5. The van der Waals surface area contributed by atoms with Crippen LogP contribution in [0.2, 0.25) is 0 Å².